The van der Waals surface area contributed by atoms with Gasteiger partial charge in [0.1, 0.15) is 6.33 Å². The molecular formula is C13H12N2O4. The van der Waals surface area contributed by atoms with Crippen molar-refractivity contribution < 1.29 is 19.4 Å². The van der Waals surface area contributed by atoms with E-state index in [-0.39, 0.29) is 5.56 Å². The van der Waals surface area contributed by atoms with Crippen molar-refractivity contribution in [3.05, 3.63) is 36.4 Å². The minimum atomic E-state index is -1.04. The Kier molecular flexibility index (Phi) is 3.61. The first-order valence-corrected chi connectivity index (χ1v) is 5.42. The quantitative estimate of drug-likeness (QED) is 0.903. The number of ether oxygens (including phenoxy) is 2. The Morgan fingerprint density at radius 1 is 1.16 bits per heavy atom. The number of aromatic nitrogens is 2. The fourth-order valence-electron chi connectivity index (χ4n) is 1.74. The molecule has 2 rings (SSSR count). The topological polar surface area (TPSA) is 81.5 Å². The number of rotatable bonds is 4. The number of hydrogen-bond acceptors (Lipinski definition) is 5. The summed E-state index contributed by atoms with van der Waals surface area (Å²) in [6.45, 7) is 0. The van der Waals surface area contributed by atoms with Gasteiger partial charge < -0.3 is 14.6 Å². The van der Waals surface area contributed by atoms with E-state index in [4.69, 9.17) is 14.6 Å². The first-order chi connectivity index (χ1) is 9.17. The number of aromatic carboxylic acids is 1. The summed E-state index contributed by atoms with van der Waals surface area (Å²) in [5, 5.41) is 9.11. The lowest BCUT2D eigenvalue weighted by molar-refractivity contribution is 0.0696. The van der Waals surface area contributed by atoms with Crippen LogP contribution in [0.5, 0.6) is 11.5 Å². The number of methoxy groups -OCH3 is 2. The second-order valence-corrected chi connectivity index (χ2v) is 3.69. The fourth-order valence-corrected chi connectivity index (χ4v) is 1.74. The summed E-state index contributed by atoms with van der Waals surface area (Å²) in [5.41, 5.74) is 1.33. The molecule has 19 heavy (non-hydrogen) atoms. The normalized spacial score (nSPS) is 10.0. The van der Waals surface area contributed by atoms with Crippen molar-refractivity contribution in [2.45, 2.75) is 0 Å². The standard InChI is InChI=1S/C13H12N2O4/c1-18-11-4-8(13(16)17)3-10(12(11)19-2)9-5-14-7-15-6-9/h3-7H,1-2H3,(H,16,17). The average Bonchev–Trinajstić information content (AvgIpc) is 2.46. The van der Waals surface area contributed by atoms with Crippen molar-refractivity contribution in [2.75, 3.05) is 14.2 Å². The highest BCUT2D eigenvalue weighted by Crippen LogP contribution is 2.38. The Morgan fingerprint density at radius 3 is 2.37 bits per heavy atom. The number of hydrogen-bond donors (Lipinski definition) is 1. The van der Waals surface area contributed by atoms with E-state index in [0.29, 0.717) is 22.6 Å². The molecule has 1 aromatic heterocycles. The van der Waals surface area contributed by atoms with Gasteiger partial charge >= 0.3 is 5.97 Å². The molecule has 2 aromatic rings. The highest BCUT2D eigenvalue weighted by atomic mass is 16.5. The molecule has 0 atom stereocenters. The molecule has 0 aliphatic heterocycles. The van der Waals surface area contributed by atoms with Gasteiger partial charge in [-0.1, -0.05) is 0 Å². The van der Waals surface area contributed by atoms with Crippen molar-refractivity contribution in [1.82, 2.24) is 9.97 Å². The molecule has 0 radical (unpaired) electrons. The minimum absolute atomic E-state index is 0.108. The molecule has 98 valence electrons. The molecule has 1 N–H and O–H groups in total. The summed E-state index contributed by atoms with van der Waals surface area (Å²) in [6, 6.07) is 2.91. The maximum Gasteiger partial charge on any atom is 0.335 e. The van der Waals surface area contributed by atoms with Crippen LogP contribution in [0.1, 0.15) is 10.4 Å². The maximum atomic E-state index is 11.1. The van der Waals surface area contributed by atoms with Crippen LogP contribution in [0.2, 0.25) is 0 Å². The highest BCUT2D eigenvalue weighted by Gasteiger charge is 2.17. The van der Waals surface area contributed by atoms with Crippen LogP contribution >= 0.6 is 0 Å². The summed E-state index contributed by atoms with van der Waals surface area (Å²) in [4.78, 5) is 18.9. The number of nitrogens with zero attached hydrogens (tertiary/aromatic N) is 2. The number of carboxylic acids is 1. The molecule has 0 saturated heterocycles. The van der Waals surface area contributed by atoms with Crippen molar-refractivity contribution in [2.24, 2.45) is 0 Å². The van der Waals surface area contributed by atoms with E-state index in [1.54, 1.807) is 12.4 Å². The van der Waals surface area contributed by atoms with Gasteiger partial charge in [-0.15, -0.1) is 0 Å². The number of carboxylic acid groups (broad SMARTS) is 1. The summed E-state index contributed by atoms with van der Waals surface area (Å²) >= 11 is 0. The van der Waals surface area contributed by atoms with E-state index >= 15 is 0 Å². The van der Waals surface area contributed by atoms with Gasteiger partial charge in [0.2, 0.25) is 0 Å². The van der Waals surface area contributed by atoms with Crippen molar-refractivity contribution in [3.8, 4) is 22.6 Å². The molecule has 0 spiro atoms. The third-order valence-corrected chi connectivity index (χ3v) is 2.60. The van der Waals surface area contributed by atoms with Crippen molar-refractivity contribution in [1.29, 1.82) is 0 Å². The molecular weight excluding hydrogens is 248 g/mol. The number of benzene rings is 1. The average molecular weight is 260 g/mol. The largest absolute Gasteiger partial charge is 0.493 e. The van der Waals surface area contributed by atoms with Gasteiger partial charge in [0, 0.05) is 23.5 Å². The maximum absolute atomic E-state index is 11.1. The molecule has 1 heterocycles. The van der Waals surface area contributed by atoms with E-state index < -0.39 is 5.97 Å². The molecule has 0 unspecified atom stereocenters. The lowest BCUT2D eigenvalue weighted by Crippen LogP contribution is -2.01. The Labute approximate surface area is 109 Å². The zero-order valence-electron chi connectivity index (χ0n) is 10.5. The van der Waals surface area contributed by atoms with Gasteiger partial charge in [-0.25, -0.2) is 14.8 Å². The SMILES string of the molecule is COc1cc(C(=O)O)cc(-c2cncnc2)c1OC. The smallest absolute Gasteiger partial charge is 0.335 e. The lowest BCUT2D eigenvalue weighted by atomic mass is 10.0. The van der Waals surface area contributed by atoms with Gasteiger partial charge in [0.25, 0.3) is 0 Å². The summed E-state index contributed by atoms with van der Waals surface area (Å²) in [7, 11) is 2.94. The number of carbonyl (C=O) groups is 1. The van der Waals surface area contributed by atoms with E-state index in [9.17, 15) is 4.79 Å². The first-order valence-electron chi connectivity index (χ1n) is 5.42. The third-order valence-electron chi connectivity index (χ3n) is 2.60. The zero-order chi connectivity index (χ0) is 13.8. The van der Waals surface area contributed by atoms with Crippen LogP contribution in [0, 0.1) is 0 Å². The Hall–Kier alpha value is -2.63. The molecule has 0 amide bonds. The Bertz CT molecular complexity index is 599. The molecule has 0 bridgehead atoms. The van der Waals surface area contributed by atoms with Gasteiger partial charge in [-0.2, -0.15) is 0 Å². The monoisotopic (exact) mass is 260 g/mol. The Morgan fingerprint density at radius 2 is 1.84 bits per heavy atom. The molecule has 0 fully saturated rings. The van der Waals surface area contributed by atoms with Crippen LogP contribution in [-0.4, -0.2) is 35.3 Å². The van der Waals surface area contributed by atoms with Crippen molar-refractivity contribution in [3.63, 3.8) is 0 Å². The van der Waals surface area contributed by atoms with Gasteiger partial charge in [-0.3, -0.25) is 0 Å². The predicted molar refractivity (Wildman–Crippen MR) is 67.5 cm³/mol. The summed E-state index contributed by atoms with van der Waals surface area (Å²) < 4.78 is 10.4. The minimum Gasteiger partial charge on any atom is -0.493 e. The lowest BCUT2D eigenvalue weighted by Gasteiger charge is -2.13. The van der Waals surface area contributed by atoms with E-state index in [2.05, 4.69) is 9.97 Å². The molecule has 0 aliphatic rings. The second kappa shape index (κ2) is 5.34. The van der Waals surface area contributed by atoms with E-state index in [1.165, 1.54) is 32.7 Å². The van der Waals surface area contributed by atoms with Crippen LogP contribution in [0.25, 0.3) is 11.1 Å². The van der Waals surface area contributed by atoms with Gasteiger partial charge in [0.15, 0.2) is 11.5 Å². The van der Waals surface area contributed by atoms with Crippen LogP contribution in [0.15, 0.2) is 30.9 Å². The van der Waals surface area contributed by atoms with Gasteiger partial charge in [-0.05, 0) is 12.1 Å². The van der Waals surface area contributed by atoms with Crippen LogP contribution in [0.4, 0.5) is 0 Å². The van der Waals surface area contributed by atoms with Crippen LogP contribution < -0.4 is 9.47 Å². The molecule has 0 saturated carbocycles. The molecule has 1 aromatic carbocycles. The second-order valence-electron chi connectivity index (χ2n) is 3.69. The Balaban J connectivity index is 2.70. The zero-order valence-corrected chi connectivity index (χ0v) is 10.5. The molecule has 6 heteroatoms. The third kappa shape index (κ3) is 2.47. The van der Waals surface area contributed by atoms with Crippen molar-refractivity contribution >= 4 is 5.97 Å². The fraction of sp³-hybridized carbons (Fsp3) is 0.154. The summed E-state index contributed by atoms with van der Waals surface area (Å²) in [5.74, 6) is -0.248. The first kappa shape index (κ1) is 12.8. The van der Waals surface area contributed by atoms with E-state index in [1.807, 2.05) is 0 Å². The highest BCUT2D eigenvalue weighted by molar-refractivity contribution is 5.91. The molecule has 0 aliphatic carbocycles. The predicted octanol–water partition coefficient (Wildman–Crippen LogP) is 1.86. The van der Waals surface area contributed by atoms with Gasteiger partial charge in [0.05, 0.1) is 19.8 Å². The van der Waals surface area contributed by atoms with Crippen LogP contribution in [0.3, 0.4) is 0 Å². The molecule has 6 nitrogen and oxygen atoms in total. The van der Waals surface area contributed by atoms with Crippen LogP contribution in [-0.2, 0) is 0 Å². The summed E-state index contributed by atoms with van der Waals surface area (Å²) in [6.07, 6.45) is 4.56. The van der Waals surface area contributed by atoms with E-state index in [0.717, 1.165) is 0 Å².